The maximum absolute atomic E-state index is 6.01. The molecule has 0 amide bonds. The Hall–Kier alpha value is -0.530. The first-order valence-corrected chi connectivity index (χ1v) is 6.12. The molecule has 1 aliphatic rings. The van der Waals surface area contributed by atoms with Crippen LogP contribution in [-0.2, 0) is 6.42 Å². The second kappa shape index (κ2) is 5.00. The Bertz CT molecular complexity index is 329. The summed E-state index contributed by atoms with van der Waals surface area (Å²) in [7, 11) is 0. The molecule has 0 spiro atoms. The third-order valence-electron chi connectivity index (χ3n) is 3.19. The minimum absolute atomic E-state index is 0.649. The summed E-state index contributed by atoms with van der Waals surface area (Å²) in [4.78, 5) is 0. The van der Waals surface area contributed by atoms with Gasteiger partial charge in [-0.15, -0.1) is 0 Å². The Morgan fingerprint density at radius 3 is 3.00 bits per heavy atom. The third-order valence-corrected chi connectivity index (χ3v) is 3.42. The van der Waals surface area contributed by atoms with Gasteiger partial charge in [-0.2, -0.15) is 0 Å². The summed E-state index contributed by atoms with van der Waals surface area (Å²) in [6.45, 7) is 3.33. The summed E-state index contributed by atoms with van der Waals surface area (Å²) in [5, 5.41) is 4.42. The van der Waals surface area contributed by atoms with Crippen molar-refractivity contribution in [2.24, 2.45) is 0 Å². The van der Waals surface area contributed by atoms with Crippen LogP contribution in [0, 0.1) is 6.92 Å². The Balaban J connectivity index is 2.05. The van der Waals surface area contributed by atoms with E-state index in [4.69, 9.17) is 11.6 Å². The first-order chi connectivity index (χ1) is 7.25. The molecule has 1 atom stereocenters. The number of hydrogen-bond acceptors (Lipinski definition) is 1. The fourth-order valence-corrected chi connectivity index (χ4v) is 2.42. The van der Waals surface area contributed by atoms with Crippen molar-refractivity contribution < 1.29 is 0 Å². The van der Waals surface area contributed by atoms with Crippen molar-refractivity contribution in [1.82, 2.24) is 5.32 Å². The highest BCUT2D eigenvalue weighted by Gasteiger charge is 2.13. The van der Waals surface area contributed by atoms with Gasteiger partial charge in [0.15, 0.2) is 0 Å². The molecule has 1 fully saturated rings. The van der Waals surface area contributed by atoms with Gasteiger partial charge < -0.3 is 5.32 Å². The summed E-state index contributed by atoms with van der Waals surface area (Å²) in [6, 6.07) is 6.83. The van der Waals surface area contributed by atoms with Crippen LogP contribution in [0.2, 0.25) is 5.02 Å². The van der Waals surface area contributed by atoms with Crippen LogP contribution >= 0.6 is 11.6 Å². The van der Waals surface area contributed by atoms with Crippen LogP contribution < -0.4 is 5.32 Å². The SMILES string of the molecule is Cc1ccc(Cl)cc1CC1CCCCN1. The molecule has 1 N–H and O–H groups in total. The van der Waals surface area contributed by atoms with E-state index in [-0.39, 0.29) is 0 Å². The van der Waals surface area contributed by atoms with Gasteiger partial charge in [-0.25, -0.2) is 0 Å². The second-order valence-electron chi connectivity index (χ2n) is 4.42. The van der Waals surface area contributed by atoms with Gasteiger partial charge in [0.1, 0.15) is 0 Å². The first kappa shape index (κ1) is 11.0. The molecule has 1 nitrogen and oxygen atoms in total. The number of hydrogen-bond donors (Lipinski definition) is 1. The van der Waals surface area contributed by atoms with Crippen molar-refractivity contribution in [3.8, 4) is 0 Å². The molecule has 2 heteroatoms. The summed E-state index contributed by atoms with van der Waals surface area (Å²) in [5.74, 6) is 0. The van der Waals surface area contributed by atoms with Crippen LogP contribution in [0.5, 0.6) is 0 Å². The van der Waals surface area contributed by atoms with Gasteiger partial charge in [0.05, 0.1) is 0 Å². The molecule has 15 heavy (non-hydrogen) atoms. The highest BCUT2D eigenvalue weighted by atomic mass is 35.5. The van der Waals surface area contributed by atoms with Gasteiger partial charge in [0.2, 0.25) is 0 Å². The molecule has 1 aromatic carbocycles. The number of halogens is 1. The van der Waals surface area contributed by atoms with Gasteiger partial charge in [0, 0.05) is 11.1 Å². The Kier molecular flexibility index (Phi) is 3.66. The van der Waals surface area contributed by atoms with E-state index in [2.05, 4.69) is 24.4 Å². The molecular weight excluding hydrogens is 206 g/mol. The Morgan fingerprint density at radius 1 is 1.40 bits per heavy atom. The van der Waals surface area contributed by atoms with Crippen LogP contribution in [0.15, 0.2) is 18.2 Å². The summed E-state index contributed by atoms with van der Waals surface area (Å²) < 4.78 is 0. The molecule has 0 bridgehead atoms. The quantitative estimate of drug-likeness (QED) is 0.811. The molecule has 0 saturated carbocycles. The number of piperidine rings is 1. The van der Waals surface area contributed by atoms with E-state index in [1.54, 1.807) is 0 Å². The lowest BCUT2D eigenvalue weighted by Crippen LogP contribution is -2.35. The van der Waals surface area contributed by atoms with E-state index in [1.807, 2.05) is 6.07 Å². The number of rotatable bonds is 2. The molecule has 0 radical (unpaired) electrons. The second-order valence-corrected chi connectivity index (χ2v) is 4.86. The van der Waals surface area contributed by atoms with Crippen molar-refractivity contribution in [2.75, 3.05) is 6.54 Å². The van der Waals surface area contributed by atoms with Crippen LogP contribution in [-0.4, -0.2) is 12.6 Å². The average Bonchev–Trinajstić information content (AvgIpc) is 2.25. The Morgan fingerprint density at radius 2 is 2.27 bits per heavy atom. The zero-order valence-electron chi connectivity index (χ0n) is 9.22. The average molecular weight is 224 g/mol. The molecule has 82 valence electrons. The van der Waals surface area contributed by atoms with Crippen molar-refractivity contribution in [3.63, 3.8) is 0 Å². The van der Waals surface area contributed by atoms with Gasteiger partial charge in [-0.1, -0.05) is 24.1 Å². The molecule has 1 aromatic rings. The van der Waals surface area contributed by atoms with E-state index in [0.717, 1.165) is 11.4 Å². The summed E-state index contributed by atoms with van der Waals surface area (Å²) in [6.07, 6.45) is 5.10. The number of nitrogens with one attached hydrogen (secondary N) is 1. The topological polar surface area (TPSA) is 12.0 Å². The molecule has 1 saturated heterocycles. The maximum Gasteiger partial charge on any atom is 0.0408 e. The van der Waals surface area contributed by atoms with E-state index in [0.29, 0.717) is 6.04 Å². The van der Waals surface area contributed by atoms with Gasteiger partial charge in [-0.3, -0.25) is 0 Å². The summed E-state index contributed by atoms with van der Waals surface area (Å²) in [5.41, 5.74) is 2.74. The first-order valence-electron chi connectivity index (χ1n) is 5.74. The lowest BCUT2D eigenvalue weighted by molar-refractivity contribution is 0.399. The van der Waals surface area contributed by atoms with Gasteiger partial charge in [-0.05, 0) is 56.0 Å². The largest absolute Gasteiger partial charge is 0.314 e. The van der Waals surface area contributed by atoms with Crippen LogP contribution in [0.1, 0.15) is 30.4 Å². The molecule has 1 aliphatic heterocycles. The molecule has 0 aliphatic carbocycles. The van der Waals surface area contributed by atoms with Crippen molar-refractivity contribution in [1.29, 1.82) is 0 Å². The van der Waals surface area contributed by atoms with Crippen LogP contribution in [0.25, 0.3) is 0 Å². The van der Waals surface area contributed by atoms with Gasteiger partial charge >= 0.3 is 0 Å². The maximum atomic E-state index is 6.01. The molecule has 2 rings (SSSR count). The normalized spacial score (nSPS) is 21.6. The zero-order valence-corrected chi connectivity index (χ0v) is 9.98. The van der Waals surface area contributed by atoms with Gasteiger partial charge in [0.25, 0.3) is 0 Å². The zero-order chi connectivity index (χ0) is 10.7. The predicted octanol–water partition coefficient (Wildman–Crippen LogP) is 3.33. The minimum Gasteiger partial charge on any atom is -0.314 e. The number of aryl methyl sites for hydroxylation is 1. The molecule has 1 heterocycles. The van der Waals surface area contributed by atoms with E-state index < -0.39 is 0 Å². The van der Waals surface area contributed by atoms with Crippen molar-refractivity contribution in [3.05, 3.63) is 34.3 Å². The molecular formula is C13H18ClN. The standard InChI is InChI=1S/C13H18ClN/c1-10-5-6-12(14)8-11(10)9-13-4-2-3-7-15-13/h5-6,8,13,15H,2-4,7,9H2,1H3. The highest BCUT2D eigenvalue weighted by molar-refractivity contribution is 6.30. The fraction of sp³-hybridized carbons (Fsp3) is 0.538. The third kappa shape index (κ3) is 2.96. The fourth-order valence-electron chi connectivity index (χ4n) is 2.22. The van der Waals surface area contributed by atoms with E-state index >= 15 is 0 Å². The smallest absolute Gasteiger partial charge is 0.0408 e. The molecule has 1 unspecified atom stereocenters. The van der Waals surface area contributed by atoms with Crippen molar-refractivity contribution in [2.45, 2.75) is 38.6 Å². The van der Waals surface area contributed by atoms with E-state index in [9.17, 15) is 0 Å². The highest BCUT2D eigenvalue weighted by Crippen LogP contribution is 2.19. The lowest BCUT2D eigenvalue weighted by Gasteiger charge is -2.24. The minimum atomic E-state index is 0.649. The van der Waals surface area contributed by atoms with Crippen LogP contribution in [0.4, 0.5) is 0 Å². The van der Waals surface area contributed by atoms with Crippen molar-refractivity contribution >= 4 is 11.6 Å². The molecule has 0 aromatic heterocycles. The van der Waals surface area contributed by atoms with E-state index in [1.165, 1.54) is 36.9 Å². The lowest BCUT2D eigenvalue weighted by atomic mass is 9.95. The Labute approximate surface area is 96.8 Å². The predicted molar refractivity (Wildman–Crippen MR) is 65.5 cm³/mol. The number of benzene rings is 1. The monoisotopic (exact) mass is 223 g/mol. The summed E-state index contributed by atoms with van der Waals surface area (Å²) >= 11 is 6.01. The van der Waals surface area contributed by atoms with Crippen LogP contribution in [0.3, 0.4) is 0 Å².